The van der Waals surface area contributed by atoms with Gasteiger partial charge < -0.3 is 58.3 Å². The van der Waals surface area contributed by atoms with Crippen LogP contribution in [0.3, 0.4) is 0 Å². The molecule has 12 atom stereocenters. The van der Waals surface area contributed by atoms with E-state index in [0.29, 0.717) is 18.6 Å². The first-order chi connectivity index (χ1) is 20.6. The van der Waals surface area contributed by atoms with Crippen molar-refractivity contribution in [2.75, 3.05) is 34.5 Å². The van der Waals surface area contributed by atoms with Gasteiger partial charge in [0.2, 0.25) is 6.29 Å². The fourth-order valence-electron chi connectivity index (χ4n) is 6.33. The van der Waals surface area contributed by atoms with Crippen LogP contribution in [0.15, 0.2) is 36.3 Å². The molecule has 14 heteroatoms. The van der Waals surface area contributed by atoms with Gasteiger partial charge in [-0.05, 0) is 12.3 Å². The molecule has 0 aromatic heterocycles. The van der Waals surface area contributed by atoms with Gasteiger partial charge in [-0.15, -0.1) is 6.58 Å². The van der Waals surface area contributed by atoms with Crippen molar-refractivity contribution in [1.82, 2.24) is 0 Å². The Labute approximate surface area is 249 Å². The zero-order chi connectivity index (χ0) is 31.4. The van der Waals surface area contributed by atoms with Gasteiger partial charge in [-0.25, -0.2) is 9.59 Å². The van der Waals surface area contributed by atoms with Crippen LogP contribution >= 0.6 is 0 Å². The number of carbonyl (C=O) groups excluding carboxylic acids is 2. The largest absolute Gasteiger partial charge is 0.500 e. The second-order valence-electron chi connectivity index (χ2n) is 11.2. The number of aliphatic hydroxyl groups is 4. The van der Waals surface area contributed by atoms with E-state index in [9.17, 15) is 30.0 Å². The number of methoxy groups -OCH3 is 3. The van der Waals surface area contributed by atoms with Crippen molar-refractivity contribution in [2.45, 2.75) is 69.2 Å². The van der Waals surface area contributed by atoms with Crippen LogP contribution in [0.4, 0.5) is 0 Å². The predicted octanol–water partition coefficient (Wildman–Crippen LogP) is -0.258. The van der Waals surface area contributed by atoms with Crippen LogP contribution in [-0.2, 0) is 47.5 Å². The molecule has 4 aliphatic rings. The second-order valence-corrected chi connectivity index (χ2v) is 11.2. The summed E-state index contributed by atoms with van der Waals surface area (Å²) in [7, 11) is 4.21. The number of carbonyl (C=O) groups is 2. The Balaban J connectivity index is 1.54. The van der Waals surface area contributed by atoms with Crippen LogP contribution in [0.1, 0.15) is 19.8 Å². The number of aliphatic hydroxyl groups excluding tert-OH is 4. The Hall–Kier alpha value is -2.56. The molecule has 242 valence electrons. The monoisotopic (exact) mass is 614 g/mol. The predicted molar refractivity (Wildman–Crippen MR) is 144 cm³/mol. The molecule has 1 saturated carbocycles. The van der Waals surface area contributed by atoms with Crippen LogP contribution in [0.2, 0.25) is 0 Å². The third-order valence-electron chi connectivity index (χ3n) is 8.95. The first-order valence-electron chi connectivity index (χ1n) is 14.2. The molecule has 4 N–H and O–H groups in total. The van der Waals surface area contributed by atoms with Gasteiger partial charge in [0.1, 0.15) is 30.5 Å². The smallest absolute Gasteiger partial charge is 0.337 e. The normalized spacial score (nSPS) is 39.1. The lowest BCUT2D eigenvalue weighted by Crippen LogP contribution is -2.60. The zero-order valence-electron chi connectivity index (χ0n) is 24.6. The third kappa shape index (κ3) is 6.76. The molecule has 43 heavy (non-hydrogen) atoms. The van der Waals surface area contributed by atoms with E-state index in [-0.39, 0.29) is 29.7 Å². The van der Waals surface area contributed by atoms with Gasteiger partial charge >= 0.3 is 11.9 Å². The molecule has 3 aliphatic heterocycles. The molecular weight excluding hydrogens is 572 g/mol. The summed E-state index contributed by atoms with van der Waals surface area (Å²) in [5.74, 6) is -2.87. The minimum Gasteiger partial charge on any atom is -0.500 e. The summed E-state index contributed by atoms with van der Waals surface area (Å²) in [5.41, 5.74) is 0.574. The molecule has 2 fully saturated rings. The van der Waals surface area contributed by atoms with Crippen molar-refractivity contribution < 1.29 is 67.9 Å². The standard InChI is InChI=1S/C29H42O14/c1-6-14-16(8-22(36-3)37-4)19(12-40-28(14)43-29-25(33)24(32)23(31)21(9-30)42-29)27(35)41-20-7-15-17(13(20)2)10-39-11-18(15)26(34)38-5/h6,11-17,20-25,28-33H,1,7-10H2,2-5H3/t13-,14-,15+,16+,17-,20+,21-,23-,24+,25-,28+,29+/m1/s1. The van der Waals surface area contributed by atoms with Crippen LogP contribution < -0.4 is 0 Å². The summed E-state index contributed by atoms with van der Waals surface area (Å²) in [4.78, 5) is 26.0. The van der Waals surface area contributed by atoms with E-state index in [1.54, 1.807) is 0 Å². The van der Waals surface area contributed by atoms with Crippen molar-refractivity contribution in [2.24, 2.45) is 29.6 Å². The van der Waals surface area contributed by atoms with Crippen molar-refractivity contribution in [1.29, 1.82) is 0 Å². The minimum absolute atomic E-state index is 0.0483. The third-order valence-corrected chi connectivity index (χ3v) is 8.95. The maximum atomic E-state index is 13.7. The molecule has 0 spiro atoms. The van der Waals surface area contributed by atoms with Gasteiger partial charge in [0.15, 0.2) is 12.6 Å². The lowest BCUT2D eigenvalue weighted by molar-refractivity contribution is -0.339. The average molecular weight is 615 g/mol. The molecule has 3 heterocycles. The molecular formula is C29H42O14. The van der Waals surface area contributed by atoms with Crippen molar-refractivity contribution in [3.8, 4) is 0 Å². The molecule has 0 unspecified atom stereocenters. The van der Waals surface area contributed by atoms with Crippen LogP contribution in [0.5, 0.6) is 0 Å². The molecule has 0 radical (unpaired) electrons. The summed E-state index contributed by atoms with van der Waals surface area (Å²) in [6.45, 7) is 5.58. The number of rotatable bonds is 11. The van der Waals surface area contributed by atoms with Gasteiger partial charge in [-0.2, -0.15) is 0 Å². The maximum Gasteiger partial charge on any atom is 0.337 e. The Morgan fingerprint density at radius 2 is 1.77 bits per heavy atom. The molecule has 0 bridgehead atoms. The molecule has 0 aromatic rings. The van der Waals surface area contributed by atoms with Crippen molar-refractivity contribution >= 4 is 11.9 Å². The van der Waals surface area contributed by atoms with Gasteiger partial charge in [-0.1, -0.05) is 13.0 Å². The Morgan fingerprint density at radius 1 is 1.05 bits per heavy atom. The fraction of sp³-hybridized carbons (Fsp3) is 0.724. The molecule has 1 aliphatic carbocycles. The van der Waals surface area contributed by atoms with Crippen molar-refractivity contribution in [3.05, 3.63) is 36.3 Å². The highest BCUT2D eigenvalue weighted by molar-refractivity contribution is 5.90. The van der Waals surface area contributed by atoms with E-state index in [2.05, 4.69) is 6.58 Å². The number of esters is 2. The fourth-order valence-corrected chi connectivity index (χ4v) is 6.33. The van der Waals surface area contributed by atoms with Gasteiger partial charge in [0, 0.05) is 44.3 Å². The summed E-state index contributed by atoms with van der Waals surface area (Å²) >= 11 is 0. The van der Waals surface area contributed by atoms with Gasteiger partial charge in [0.25, 0.3) is 0 Å². The average Bonchev–Trinajstić information content (AvgIpc) is 3.33. The summed E-state index contributed by atoms with van der Waals surface area (Å²) in [6, 6.07) is 0. The number of hydrogen-bond donors (Lipinski definition) is 4. The summed E-state index contributed by atoms with van der Waals surface area (Å²) < 4.78 is 44.4. The highest BCUT2D eigenvalue weighted by atomic mass is 16.8. The molecule has 0 amide bonds. The summed E-state index contributed by atoms with van der Waals surface area (Å²) in [6.07, 6.45) is -5.24. The lowest BCUT2D eigenvalue weighted by atomic mass is 9.81. The molecule has 14 nitrogen and oxygen atoms in total. The highest BCUT2D eigenvalue weighted by Gasteiger charge is 2.50. The highest BCUT2D eigenvalue weighted by Crippen LogP contribution is 2.46. The topological polar surface area (TPSA) is 189 Å². The van der Waals surface area contributed by atoms with Crippen molar-refractivity contribution in [3.63, 3.8) is 0 Å². The van der Waals surface area contributed by atoms with Gasteiger partial charge in [0.05, 0.1) is 44.0 Å². The molecule has 1 saturated heterocycles. The molecule has 0 aromatic carbocycles. The van der Waals surface area contributed by atoms with E-state index in [4.69, 9.17) is 37.9 Å². The quantitative estimate of drug-likeness (QED) is 0.135. The first kappa shape index (κ1) is 33.3. The van der Waals surface area contributed by atoms with E-state index in [1.807, 2.05) is 6.92 Å². The van der Waals surface area contributed by atoms with E-state index in [1.165, 1.54) is 39.9 Å². The van der Waals surface area contributed by atoms with Crippen LogP contribution in [-0.4, -0.2) is 116 Å². The minimum atomic E-state index is -1.66. The first-order valence-corrected chi connectivity index (χ1v) is 14.2. The Bertz CT molecular complexity index is 1050. The van der Waals surface area contributed by atoms with E-state index >= 15 is 0 Å². The van der Waals surface area contributed by atoms with Gasteiger partial charge in [-0.3, -0.25) is 0 Å². The number of hydrogen-bond acceptors (Lipinski definition) is 14. The lowest BCUT2D eigenvalue weighted by Gasteiger charge is -2.43. The number of ether oxygens (including phenoxy) is 8. The van der Waals surface area contributed by atoms with Crippen LogP contribution in [0.25, 0.3) is 0 Å². The number of fused-ring (bicyclic) bond motifs is 1. The second kappa shape index (κ2) is 14.5. The maximum absolute atomic E-state index is 13.7. The Morgan fingerprint density at radius 3 is 2.40 bits per heavy atom. The van der Waals surface area contributed by atoms with E-state index in [0.717, 1.165) is 0 Å². The SMILES string of the molecule is C=C[C@H]1[C@H](O[C@@H]2O[C@H](CO)[C@@H](O)[C@H](O)[C@H]2O)OC=C(C(=O)O[C@H]2C[C@@H]3C(C(=O)OC)=COC[C@@H]3[C@H]2C)[C@H]1CC(OC)OC. The summed E-state index contributed by atoms with van der Waals surface area (Å²) in [5, 5.41) is 40.3. The Kier molecular flexibility index (Phi) is 11.2. The zero-order valence-corrected chi connectivity index (χ0v) is 24.6. The molecule has 4 rings (SSSR count). The van der Waals surface area contributed by atoms with E-state index < -0.39 is 79.8 Å². The van der Waals surface area contributed by atoms with Crippen LogP contribution in [0, 0.1) is 29.6 Å².